The molecule has 0 aliphatic carbocycles. The molecule has 4 amide bonds. The van der Waals surface area contributed by atoms with E-state index in [0.29, 0.717) is 15.6 Å². The van der Waals surface area contributed by atoms with Crippen LogP contribution in [0.2, 0.25) is 4.34 Å². The lowest BCUT2D eigenvalue weighted by Crippen LogP contribution is -2.43. The van der Waals surface area contributed by atoms with Crippen LogP contribution in [-0.4, -0.2) is 38.3 Å². The van der Waals surface area contributed by atoms with Crippen LogP contribution in [0.5, 0.6) is 0 Å². The quantitative estimate of drug-likeness (QED) is 0.388. The molecule has 3 N–H and O–H groups in total. The first-order valence-electron chi connectivity index (χ1n) is 9.51. The van der Waals surface area contributed by atoms with Gasteiger partial charge in [-0.05, 0) is 57.9 Å². The standard InChI is InChI=1S/C20H15BrClN5O5S2/c1-23-14-6-10-7-17(28)27(19(29)12(10)8-13(14)21)16-4-2-11(9-24-16)25-20(30)26-34(31,32)18-5-3-15(22)33-18/h2-6,8-9,23H,7H2,1H3,(H2,25,26,30). The van der Waals surface area contributed by atoms with Crippen molar-refractivity contribution in [2.75, 3.05) is 22.6 Å². The van der Waals surface area contributed by atoms with Crippen molar-refractivity contribution in [2.24, 2.45) is 0 Å². The highest BCUT2D eigenvalue weighted by molar-refractivity contribution is 9.10. The minimum Gasteiger partial charge on any atom is -0.387 e. The molecule has 34 heavy (non-hydrogen) atoms. The monoisotopic (exact) mass is 583 g/mol. The number of aromatic nitrogens is 1. The van der Waals surface area contributed by atoms with E-state index in [-0.39, 0.29) is 26.5 Å². The Bertz CT molecular complexity index is 1430. The van der Waals surface area contributed by atoms with Crippen LogP contribution in [0.1, 0.15) is 15.9 Å². The summed E-state index contributed by atoms with van der Waals surface area (Å²) in [5.41, 5.74) is 1.87. The molecule has 176 valence electrons. The van der Waals surface area contributed by atoms with Gasteiger partial charge in [0.15, 0.2) is 0 Å². The number of rotatable bonds is 5. The number of carbonyl (C=O) groups is 3. The van der Waals surface area contributed by atoms with Crippen molar-refractivity contribution in [1.82, 2.24) is 9.71 Å². The van der Waals surface area contributed by atoms with Crippen molar-refractivity contribution in [2.45, 2.75) is 10.6 Å². The van der Waals surface area contributed by atoms with E-state index < -0.39 is 27.9 Å². The lowest BCUT2D eigenvalue weighted by Gasteiger charge is -2.26. The number of urea groups is 1. The lowest BCUT2D eigenvalue weighted by molar-refractivity contribution is -0.117. The highest BCUT2D eigenvalue weighted by Gasteiger charge is 2.33. The number of pyridine rings is 1. The third kappa shape index (κ3) is 4.78. The average molecular weight is 585 g/mol. The summed E-state index contributed by atoms with van der Waals surface area (Å²) >= 11 is 9.94. The zero-order valence-corrected chi connectivity index (χ0v) is 21.2. The van der Waals surface area contributed by atoms with Crippen LogP contribution in [0.25, 0.3) is 0 Å². The van der Waals surface area contributed by atoms with Gasteiger partial charge in [-0.1, -0.05) is 11.6 Å². The van der Waals surface area contributed by atoms with Crippen molar-refractivity contribution < 1.29 is 22.8 Å². The molecule has 3 aromatic rings. The Morgan fingerprint density at radius 1 is 1.21 bits per heavy atom. The van der Waals surface area contributed by atoms with Gasteiger partial charge in [0.05, 0.1) is 22.6 Å². The number of amides is 4. The summed E-state index contributed by atoms with van der Waals surface area (Å²) in [5.74, 6) is -0.906. The Kier molecular flexibility index (Phi) is 6.62. The highest BCUT2D eigenvalue weighted by atomic mass is 79.9. The zero-order chi connectivity index (χ0) is 24.6. The predicted molar refractivity (Wildman–Crippen MR) is 132 cm³/mol. The number of thiophene rings is 1. The van der Waals surface area contributed by atoms with Crippen LogP contribution in [0.15, 0.2) is 51.3 Å². The van der Waals surface area contributed by atoms with E-state index in [1.807, 2.05) is 4.72 Å². The van der Waals surface area contributed by atoms with Gasteiger partial charge in [-0.3, -0.25) is 9.59 Å². The van der Waals surface area contributed by atoms with Gasteiger partial charge >= 0.3 is 6.03 Å². The first-order chi connectivity index (χ1) is 16.1. The zero-order valence-electron chi connectivity index (χ0n) is 17.3. The fraction of sp³-hybridized carbons (Fsp3) is 0.100. The van der Waals surface area contributed by atoms with E-state index >= 15 is 0 Å². The van der Waals surface area contributed by atoms with Crippen molar-refractivity contribution in [3.63, 3.8) is 0 Å². The Morgan fingerprint density at radius 2 is 1.97 bits per heavy atom. The van der Waals surface area contributed by atoms with Gasteiger partial charge in [0, 0.05) is 22.8 Å². The predicted octanol–water partition coefficient (Wildman–Crippen LogP) is 3.84. The number of carbonyl (C=O) groups excluding carboxylic acids is 3. The van der Waals surface area contributed by atoms with Gasteiger partial charge < -0.3 is 10.6 Å². The largest absolute Gasteiger partial charge is 0.387 e. The minimum atomic E-state index is -4.09. The van der Waals surface area contributed by atoms with Crippen LogP contribution in [0.3, 0.4) is 0 Å². The average Bonchev–Trinajstić information content (AvgIpc) is 3.22. The summed E-state index contributed by atoms with van der Waals surface area (Å²) in [6.07, 6.45) is 1.22. The van der Waals surface area contributed by atoms with Gasteiger partial charge in [-0.25, -0.2) is 27.8 Å². The fourth-order valence-electron chi connectivity index (χ4n) is 3.23. The molecule has 1 aromatic carbocycles. The number of imide groups is 1. The normalized spacial score (nSPS) is 13.4. The van der Waals surface area contributed by atoms with Crippen LogP contribution in [0, 0.1) is 0 Å². The summed E-state index contributed by atoms with van der Waals surface area (Å²) in [6.45, 7) is 0. The van der Waals surface area contributed by atoms with Gasteiger partial charge in [-0.2, -0.15) is 0 Å². The molecule has 1 aliphatic heterocycles. The summed E-state index contributed by atoms with van der Waals surface area (Å²) in [6, 6.07) is 7.83. The maximum Gasteiger partial charge on any atom is 0.333 e. The number of hydrogen-bond donors (Lipinski definition) is 3. The fourth-order valence-corrected chi connectivity index (χ4v) is 6.16. The smallest absolute Gasteiger partial charge is 0.333 e. The molecule has 0 unspecified atom stereocenters. The third-order valence-corrected chi connectivity index (χ3v) is 8.47. The Balaban J connectivity index is 1.49. The molecule has 14 heteroatoms. The molecule has 0 fully saturated rings. The number of benzene rings is 1. The Morgan fingerprint density at radius 3 is 2.59 bits per heavy atom. The molecular formula is C20H15BrClN5O5S2. The van der Waals surface area contributed by atoms with Crippen molar-refractivity contribution in [1.29, 1.82) is 0 Å². The second-order valence-corrected chi connectivity index (χ2v) is 11.5. The van der Waals surface area contributed by atoms with Crippen molar-refractivity contribution in [3.05, 3.63) is 62.5 Å². The van der Waals surface area contributed by atoms with Crippen LogP contribution < -0.4 is 20.3 Å². The van der Waals surface area contributed by atoms with Crippen LogP contribution in [-0.2, 0) is 21.2 Å². The number of hydrogen-bond acceptors (Lipinski definition) is 8. The first kappa shape index (κ1) is 24.1. The molecule has 3 heterocycles. The van der Waals surface area contributed by atoms with E-state index in [0.717, 1.165) is 21.9 Å². The maximum absolute atomic E-state index is 13.0. The van der Waals surface area contributed by atoms with Crippen LogP contribution in [0.4, 0.5) is 22.0 Å². The second-order valence-electron chi connectivity index (χ2n) is 6.97. The van der Waals surface area contributed by atoms with E-state index in [2.05, 4.69) is 31.5 Å². The van der Waals surface area contributed by atoms with Gasteiger partial charge in [0.2, 0.25) is 5.91 Å². The summed E-state index contributed by atoms with van der Waals surface area (Å²) in [5, 5.41) is 5.33. The van der Waals surface area contributed by atoms with E-state index in [9.17, 15) is 22.8 Å². The topological polar surface area (TPSA) is 138 Å². The molecule has 2 aromatic heterocycles. The SMILES string of the molecule is CNc1cc2c(cc1Br)C(=O)N(c1ccc(NC(=O)NS(=O)(=O)c3ccc(Cl)s3)cn1)C(=O)C2. The van der Waals surface area contributed by atoms with Gasteiger partial charge in [0.25, 0.3) is 15.9 Å². The Labute approximate surface area is 211 Å². The van der Waals surface area contributed by atoms with E-state index in [1.165, 1.54) is 30.5 Å². The van der Waals surface area contributed by atoms with Crippen molar-refractivity contribution >= 4 is 83.9 Å². The molecule has 1 aliphatic rings. The van der Waals surface area contributed by atoms with Crippen LogP contribution >= 0.6 is 38.9 Å². The maximum atomic E-state index is 13.0. The summed E-state index contributed by atoms with van der Waals surface area (Å²) < 4.78 is 27.1. The molecule has 0 atom stereocenters. The summed E-state index contributed by atoms with van der Waals surface area (Å²) in [7, 11) is -2.36. The number of halogens is 2. The van der Waals surface area contributed by atoms with E-state index in [4.69, 9.17) is 11.6 Å². The van der Waals surface area contributed by atoms with E-state index in [1.54, 1.807) is 19.2 Å². The first-order valence-corrected chi connectivity index (χ1v) is 13.0. The number of sulfonamides is 1. The number of nitrogens with one attached hydrogen (secondary N) is 3. The Hall–Kier alpha value is -3.00. The molecule has 0 radical (unpaired) electrons. The second kappa shape index (κ2) is 9.33. The lowest BCUT2D eigenvalue weighted by atomic mass is 9.97. The van der Waals surface area contributed by atoms with Crippen molar-refractivity contribution in [3.8, 4) is 0 Å². The molecule has 10 nitrogen and oxygen atoms in total. The third-order valence-electron chi connectivity index (χ3n) is 4.76. The summed E-state index contributed by atoms with van der Waals surface area (Å²) in [4.78, 5) is 42.9. The number of anilines is 3. The highest BCUT2D eigenvalue weighted by Crippen LogP contribution is 2.32. The number of nitrogens with zero attached hydrogens (tertiary/aromatic N) is 2. The molecule has 0 spiro atoms. The molecule has 0 saturated carbocycles. The molecule has 0 bridgehead atoms. The van der Waals surface area contributed by atoms with Gasteiger partial charge in [0.1, 0.15) is 10.0 Å². The number of fused-ring (bicyclic) bond motifs is 1. The molecular weight excluding hydrogens is 570 g/mol. The molecule has 4 rings (SSSR count). The minimum absolute atomic E-state index is 0.0116. The van der Waals surface area contributed by atoms with Gasteiger partial charge in [-0.15, -0.1) is 11.3 Å². The molecule has 0 saturated heterocycles.